The number of benzene rings is 1. The Morgan fingerprint density at radius 3 is 2.70 bits per heavy atom. The predicted octanol–water partition coefficient (Wildman–Crippen LogP) is -0.407. The number of hydrogen-bond donors (Lipinski definition) is 1. The van der Waals surface area contributed by atoms with E-state index in [1.54, 1.807) is 0 Å². The smallest absolute Gasteiger partial charge is 0.278 e. The second-order valence-corrected chi connectivity index (χ2v) is 7.11. The minimum Gasteiger partial charge on any atom is -0.454 e. The van der Waals surface area contributed by atoms with Crippen molar-refractivity contribution >= 4 is 11.7 Å². The lowest BCUT2D eigenvalue weighted by Gasteiger charge is -2.31. The normalized spacial score (nSPS) is 17.1. The third-order valence-corrected chi connectivity index (χ3v) is 5.06. The van der Waals surface area contributed by atoms with Crippen LogP contribution in [-0.4, -0.2) is 57.4 Å². The lowest BCUT2D eigenvalue weighted by molar-refractivity contribution is -0.885. The second kappa shape index (κ2) is 7.84. The minimum atomic E-state index is 0.213. The summed E-state index contributed by atoms with van der Waals surface area (Å²) in [6.07, 6.45) is 1.93. The van der Waals surface area contributed by atoms with Crippen LogP contribution in [0.5, 0.6) is 11.5 Å². The monoisotopic (exact) mass is 370 g/mol. The number of piperazine rings is 1. The van der Waals surface area contributed by atoms with Crippen LogP contribution in [0.4, 0.5) is 5.82 Å². The van der Waals surface area contributed by atoms with Crippen LogP contribution in [0.1, 0.15) is 5.56 Å². The number of hydrogen-bond acceptors (Lipinski definition) is 4. The van der Waals surface area contributed by atoms with Crippen molar-refractivity contribution in [3.05, 3.63) is 48.2 Å². The van der Waals surface area contributed by atoms with E-state index in [0.29, 0.717) is 6.54 Å². The maximum atomic E-state index is 12.7. The molecular formula is C20H26N4O3+2. The number of H-pyrrole nitrogens is 1. The van der Waals surface area contributed by atoms with Crippen LogP contribution in [0.3, 0.4) is 0 Å². The molecular weight excluding hydrogens is 344 g/mol. The summed E-state index contributed by atoms with van der Waals surface area (Å²) >= 11 is 0. The molecule has 1 unspecified atom stereocenters. The van der Waals surface area contributed by atoms with Gasteiger partial charge in [0, 0.05) is 11.6 Å². The van der Waals surface area contributed by atoms with Gasteiger partial charge in [-0.05, 0) is 24.3 Å². The molecule has 2 aromatic rings. The van der Waals surface area contributed by atoms with E-state index in [9.17, 15) is 4.79 Å². The fourth-order valence-electron chi connectivity index (χ4n) is 3.61. The van der Waals surface area contributed by atoms with Crippen LogP contribution in [0.2, 0.25) is 0 Å². The van der Waals surface area contributed by atoms with Crippen LogP contribution in [-0.2, 0) is 11.3 Å². The lowest BCUT2D eigenvalue weighted by atomic mass is 10.2. The molecule has 2 aliphatic rings. The first-order chi connectivity index (χ1) is 13.2. The van der Waals surface area contributed by atoms with Crippen molar-refractivity contribution < 1.29 is 24.2 Å². The predicted molar refractivity (Wildman–Crippen MR) is 99.8 cm³/mol. The number of quaternary nitrogens is 1. The molecule has 27 heavy (non-hydrogen) atoms. The van der Waals surface area contributed by atoms with Crippen molar-refractivity contribution in [3.8, 4) is 11.5 Å². The first kappa shape index (κ1) is 17.6. The topological polar surface area (TPSA) is 60.6 Å². The van der Waals surface area contributed by atoms with Gasteiger partial charge in [0.1, 0.15) is 19.6 Å². The summed E-state index contributed by atoms with van der Waals surface area (Å²) in [5.41, 5.74) is 1.15. The van der Waals surface area contributed by atoms with E-state index < -0.39 is 0 Å². The molecule has 0 aliphatic carbocycles. The number of nitrogens with one attached hydrogen (secondary N) is 2. The highest BCUT2D eigenvalue weighted by atomic mass is 16.7. The third-order valence-electron chi connectivity index (χ3n) is 5.06. The molecule has 7 heteroatoms. The first-order valence-electron chi connectivity index (χ1n) is 9.38. The molecule has 142 valence electrons. The van der Waals surface area contributed by atoms with Crippen molar-refractivity contribution in [3.63, 3.8) is 0 Å². The Morgan fingerprint density at radius 1 is 1.11 bits per heavy atom. The van der Waals surface area contributed by atoms with E-state index in [2.05, 4.69) is 23.0 Å². The minimum absolute atomic E-state index is 0.213. The second-order valence-electron chi connectivity index (χ2n) is 7.11. The SMILES string of the molecule is C[NH+](CC(=O)N1CCN(c2cccc[nH+]2)CC1)Cc1ccc2c(c1)OCO2. The molecule has 1 fully saturated rings. The van der Waals surface area contributed by atoms with Gasteiger partial charge >= 0.3 is 0 Å². The lowest BCUT2D eigenvalue weighted by Crippen LogP contribution is -3.09. The molecule has 1 aromatic carbocycles. The molecule has 0 bridgehead atoms. The molecule has 1 saturated heterocycles. The van der Waals surface area contributed by atoms with E-state index in [1.165, 1.54) is 0 Å². The van der Waals surface area contributed by atoms with Crippen molar-refractivity contribution in [1.29, 1.82) is 0 Å². The highest BCUT2D eigenvalue weighted by Gasteiger charge is 2.27. The number of anilines is 1. The summed E-state index contributed by atoms with van der Waals surface area (Å²) in [5.74, 6) is 2.90. The number of pyridine rings is 1. The fraction of sp³-hybridized carbons (Fsp3) is 0.400. The van der Waals surface area contributed by atoms with Gasteiger partial charge in [0.2, 0.25) is 6.79 Å². The summed E-state index contributed by atoms with van der Waals surface area (Å²) in [5, 5.41) is 0. The Balaban J connectivity index is 1.27. The molecule has 1 amide bonds. The zero-order chi connectivity index (χ0) is 18.6. The van der Waals surface area contributed by atoms with Crippen molar-refractivity contribution in [2.45, 2.75) is 6.54 Å². The van der Waals surface area contributed by atoms with Gasteiger partial charge in [0.05, 0.1) is 26.3 Å². The number of carbonyl (C=O) groups excluding carboxylic acids is 1. The maximum Gasteiger partial charge on any atom is 0.278 e. The maximum absolute atomic E-state index is 12.7. The number of carbonyl (C=O) groups is 1. The number of rotatable bonds is 5. The van der Waals surface area contributed by atoms with Gasteiger partial charge in [-0.3, -0.25) is 9.69 Å². The average molecular weight is 370 g/mol. The standard InChI is InChI=1S/C20H24N4O3/c1-22(13-16-5-6-17-18(12-16)27-15-26-17)14-20(25)24-10-8-23(9-11-24)19-4-2-3-7-21-19/h2-7,12H,8-11,13-15H2,1H3/p+2. The zero-order valence-electron chi connectivity index (χ0n) is 15.6. The molecule has 0 saturated carbocycles. The quantitative estimate of drug-likeness (QED) is 0.778. The van der Waals surface area contributed by atoms with Gasteiger partial charge < -0.3 is 19.3 Å². The molecule has 0 spiro atoms. The van der Waals surface area contributed by atoms with E-state index >= 15 is 0 Å². The van der Waals surface area contributed by atoms with Crippen LogP contribution >= 0.6 is 0 Å². The number of amides is 1. The first-order valence-corrected chi connectivity index (χ1v) is 9.38. The molecule has 4 rings (SSSR count). The van der Waals surface area contributed by atoms with E-state index in [1.807, 2.05) is 41.4 Å². The van der Waals surface area contributed by atoms with Crippen molar-refractivity contribution in [2.24, 2.45) is 0 Å². The number of fused-ring (bicyclic) bond motifs is 1. The van der Waals surface area contributed by atoms with Crippen LogP contribution < -0.4 is 24.3 Å². The third kappa shape index (κ3) is 4.14. The Bertz CT molecular complexity index is 791. The molecule has 2 N–H and O–H groups in total. The van der Waals surface area contributed by atoms with E-state index in [-0.39, 0.29) is 12.7 Å². The Labute approximate surface area is 159 Å². The largest absolute Gasteiger partial charge is 0.454 e. The summed E-state index contributed by atoms with van der Waals surface area (Å²) in [6, 6.07) is 12.1. The summed E-state index contributed by atoms with van der Waals surface area (Å²) < 4.78 is 10.8. The number of ether oxygens (including phenoxy) is 2. The number of aromatic nitrogens is 1. The highest BCUT2D eigenvalue weighted by molar-refractivity contribution is 5.77. The van der Waals surface area contributed by atoms with Crippen LogP contribution in [0.25, 0.3) is 0 Å². The molecule has 7 nitrogen and oxygen atoms in total. The average Bonchev–Trinajstić information content (AvgIpc) is 3.16. The highest BCUT2D eigenvalue weighted by Crippen LogP contribution is 2.32. The summed E-state index contributed by atoms with van der Waals surface area (Å²) in [4.78, 5) is 21.3. The van der Waals surface area contributed by atoms with Gasteiger partial charge in [-0.2, -0.15) is 0 Å². The number of nitrogens with zero attached hydrogens (tertiary/aromatic N) is 2. The Hall–Kier alpha value is -2.80. The number of aromatic amines is 1. The van der Waals surface area contributed by atoms with Crippen LogP contribution in [0.15, 0.2) is 42.6 Å². The number of likely N-dealkylation sites (N-methyl/N-ethyl adjacent to an activating group) is 1. The van der Waals surface area contributed by atoms with Gasteiger partial charge in [0.15, 0.2) is 18.0 Å². The van der Waals surface area contributed by atoms with Crippen LogP contribution in [0, 0.1) is 0 Å². The van der Waals surface area contributed by atoms with Gasteiger partial charge in [0.25, 0.3) is 11.7 Å². The van der Waals surface area contributed by atoms with Gasteiger partial charge in [-0.25, -0.2) is 4.98 Å². The van der Waals surface area contributed by atoms with E-state index in [0.717, 1.165) is 60.5 Å². The van der Waals surface area contributed by atoms with Gasteiger partial charge in [-0.15, -0.1) is 0 Å². The summed E-state index contributed by atoms with van der Waals surface area (Å²) in [6.45, 7) is 4.79. The summed E-state index contributed by atoms with van der Waals surface area (Å²) in [7, 11) is 2.05. The zero-order valence-corrected chi connectivity index (χ0v) is 15.6. The molecule has 1 atom stereocenters. The Morgan fingerprint density at radius 2 is 1.93 bits per heavy atom. The Kier molecular flexibility index (Phi) is 5.11. The van der Waals surface area contributed by atoms with E-state index in [4.69, 9.17) is 9.47 Å². The van der Waals surface area contributed by atoms with Crippen molar-refractivity contribution in [1.82, 2.24) is 4.90 Å². The van der Waals surface area contributed by atoms with Gasteiger partial charge in [-0.1, -0.05) is 6.07 Å². The fourth-order valence-corrected chi connectivity index (χ4v) is 3.61. The molecule has 2 aliphatic heterocycles. The van der Waals surface area contributed by atoms with Crippen molar-refractivity contribution in [2.75, 3.05) is 51.5 Å². The molecule has 1 aromatic heterocycles. The molecule has 0 radical (unpaired) electrons. The molecule has 3 heterocycles.